The van der Waals surface area contributed by atoms with Gasteiger partial charge in [-0.15, -0.1) is 24.0 Å². The lowest BCUT2D eigenvalue weighted by Gasteiger charge is -2.36. The Kier molecular flexibility index (Phi) is 7.36. The Bertz CT molecular complexity index is 664. The van der Waals surface area contributed by atoms with Gasteiger partial charge < -0.3 is 25.0 Å². The van der Waals surface area contributed by atoms with Gasteiger partial charge in [-0.2, -0.15) is 0 Å². The molecule has 0 radical (unpaired) electrons. The fourth-order valence-corrected chi connectivity index (χ4v) is 3.07. The van der Waals surface area contributed by atoms with Gasteiger partial charge in [-0.3, -0.25) is 4.79 Å². The Hall–Kier alpha value is -1.71. The highest BCUT2D eigenvalue weighted by Gasteiger charge is 2.36. The molecule has 2 fully saturated rings. The van der Waals surface area contributed by atoms with Gasteiger partial charge in [-0.05, 0) is 37.5 Å². The van der Waals surface area contributed by atoms with Gasteiger partial charge in [0, 0.05) is 25.7 Å². The zero-order chi connectivity index (χ0) is 17.8. The SMILES string of the molecule is CCNC(=NCc1ccc(OC)c(O)c1)N1CCN(C2CC2)C(=O)C1.I. The van der Waals surface area contributed by atoms with Gasteiger partial charge in [-0.1, -0.05) is 6.07 Å². The summed E-state index contributed by atoms with van der Waals surface area (Å²) in [5.41, 5.74) is 0.886. The third-order valence-electron chi connectivity index (χ3n) is 4.53. The standard InChI is InChI=1S/C18H26N4O3.HI/c1-3-19-18(20-11-13-4-7-16(25-2)15(23)10-13)21-8-9-22(14-5-6-14)17(24)12-21;/h4,7,10,14,23H,3,5-6,8-9,11-12H2,1-2H3,(H,19,20);1H. The highest BCUT2D eigenvalue weighted by molar-refractivity contribution is 14.0. The van der Waals surface area contributed by atoms with Crippen molar-refractivity contribution < 1.29 is 14.6 Å². The van der Waals surface area contributed by atoms with Crippen LogP contribution in [0.25, 0.3) is 0 Å². The molecule has 1 aliphatic heterocycles. The molecular weight excluding hydrogens is 447 g/mol. The van der Waals surface area contributed by atoms with E-state index in [1.165, 1.54) is 7.11 Å². The van der Waals surface area contributed by atoms with Crippen molar-refractivity contribution in [3.05, 3.63) is 23.8 Å². The number of phenolic OH excluding ortho intramolecular Hbond substituents is 1. The average Bonchev–Trinajstić information content (AvgIpc) is 3.43. The second kappa shape index (κ2) is 9.29. The number of aromatic hydroxyl groups is 1. The molecule has 2 N–H and O–H groups in total. The Morgan fingerprint density at radius 3 is 2.73 bits per heavy atom. The number of guanidine groups is 1. The number of nitrogens with one attached hydrogen (secondary N) is 1. The second-order valence-corrected chi connectivity index (χ2v) is 6.42. The van der Waals surface area contributed by atoms with Crippen LogP contribution in [0.4, 0.5) is 0 Å². The van der Waals surface area contributed by atoms with Crippen LogP contribution in [0.2, 0.25) is 0 Å². The third-order valence-corrected chi connectivity index (χ3v) is 4.53. The number of amides is 1. The highest BCUT2D eigenvalue weighted by Crippen LogP contribution is 2.28. The smallest absolute Gasteiger partial charge is 0.242 e. The summed E-state index contributed by atoms with van der Waals surface area (Å²) in [6.07, 6.45) is 2.28. The van der Waals surface area contributed by atoms with Gasteiger partial charge in [0.05, 0.1) is 20.2 Å². The van der Waals surface area contributed by atoms with E-state index in [0.29, 0.717) is 24.9 Å². The number of halogens is 1. The quantitative estimate of drug-likeness (QED) is 0.387. The van der Waals surface area contributed by atoms with Crippen molar-refractivity contribution in [2.24, 2.45) is 4.99 Å². The molecule has 7 nitrogen and oxygen atoms in total. The molecule has 1 aromatic carbocycles. The maximum Gasteiger partial charge on any atom is 0.242 e. The number of carbonyl (C=O) groups is 1. The van der Waals surface area contributed by atoms with E-state index in [2.05, 4.69) is 10.3 Å². The summed E-state index contributed by atoms with van der Waals surface area (Å²) >= 11 is 0. The van der Waals surface area contributed by atoms with E-state index in [9.17, 15) is 9.90 Å². The number of ether oxygens (including phenoxy) is 1. The number of hydrogen-bond donors (Lipinski definition) is 2. The van der Waals surface area contributed by atoms with Crippen molar-refractivity contribution >= 4 is 35.8 Å². The summed E-state index contributed by atoms with van der Waals surface area (Å²) in [7, 11) is 1.52. The third kappa shape index (κ3) is 4.93. The first-order valence-electron chi connectivity index (χ1n) is 8.81. The lowest BCUT2D eigenvalue weighted by Crippen LogP contribution is -2.55. The number of aliphatic imine (C=N–C) groups is 1. The molecule has 0 bridgehead atoms. The first-order valence-corrected chi connectivity index (χ1v) is 8.81. The van der Waals surface area contributed by atoms with Gasteiger partial charge in [-0.25, -0.2) is 4.99 Å². The minimum absolute atomic E-state index is 0. The Morgan fingerprint density at radius 2 is 2.15 bits per heavy atom. The molecule has 1 saturated heterocycles. The first-order chi connectivity index (χ1) is 12.1. The number of phenols is 1. The van der Waals surface area contributed by atoms with E-state index in [1.54, 1.807) is 12.1 Å². The Morgan fingerprint density at radius 1 is 1.38 bits per heavy atom. The lowest BCUT2D eigenvalue weighted by molar-refractivity contribution is -0.135. The highest BCUT2D eigenvalue weighted by atomic mass is 127. The predicted molar refractivity (Wildman–Crippen MR) is 111 cm³/mol. The number of rotatable bonds is 5. The molecule has 1 aliphatic carbocycles. The van der Waals surface area contributed by atoms with Crippen LogP contribution in [-0.4, -0.2) is 66.1 Å². The normalized spacial score (nSPS) is 17.8. The fraction of sp³-hybridized carbons (Fsp3) is 0.556. The van der Waals surface area contributed by atoms with E-state index in [1.807, 2.05) is 22.8 Å². The first kappa shape index (κ1) is 20.6. The molecule has 8 heteroatoms. The van der Waals surface area contributed by atoms with Crippen LogP contribution in [0.5, 0.6) is 11.5 Å². The van der Waals surface area contributed by atoms with Crippen molar-refractivity contribution in [2.45, 2.75) is 32.4 Å². The van der Waals surface area contributed by atoms with Crippen molar-refractivity contribution in [3.63, 3.8) is 0 Å². The summed E-state index contributed by atoms with van der Waals surface area (Å²) < 4.78 is 5.06. The van der Waals surface area contributed by atoms with E-state index < -0.39 is 0 Å². The molecule has 144 valence electrons. The number of hydrogen-bond acceptors (Lipinski definition) is 4. The molecule has 1 aromatic rings. The lowest BCUT2D eigenvalue weighted by atomic mass is 10.2. The molecule has 1 heterocycles. The summed E-state index contributed by atoms with van der Waals surface area (Å²) in [6, 6.07) is 5.73. The predicted octanol–water partition coefficient (Wildman–Crippen LogP) is 1.79. The van der Waals surface area contributed by atoms with E-state index >= 15 is 0 Å². The number of piperazine rings is 1. The second-order valence-electron chi connectivity index (χ2n) is 6.42. The summed E-state index contributed by atoms with van der Waals surface area (Å²) in [5, 5.41) is 13.1. The fourth-order valence-electron chi connectivity index (χ4n) is 3.07. The molecule has 3 rings (SSSR count). The maximum absolute atomic E-state index is 12.3. The number of nitrogens with zero attached hydrogens (tertiary/aromatic N) is 3. The monoisotopic (exact) mass is 474 g/mol. The van der Waals surface area contributed by atoms with Crippen molar-refractivity contribution in [2.75, 3.05) is 33.3 Å². The van der Waals surface area contributed by atoms with Crippen molar-refractivity contribution in [1.29, 1.82) is 0 Å². The molecule has 0 unspecified atom stereocenters. The van der Waals surface area contributed by atoms with Gasteiger partial charge in [0.15, 0.2) is 17.5 Å². The summed E-state index contributed by atoms with van der Waals surface area (Å²) in [5.74, 6) is 1.47. The average molecular weight is 474 g/mol. The van der Waals surface area contributed by atoms with Crippen LogP contribution in [0.3, 0.4) is 0 Å². The van der Waals surface area contributed by atoms with Crippen LogP contribution < -0.4 is 10.1 Å². The summed E-state index contributed by atoms with van der Waals surface area (Å²) in [6.45, 7) is 5.10. The van der Waals surface area contributed by atoms with Gasteiger partial charge in [0.2, 0.25) is 5.91 Å². The van der Waals surface area contributed by atoms with Crippen LogP contribution >= 0.6 is 24.0 Å². The van der Waals surface area contributed by atoms with E-state index in [4.69, 9.17) is 4.74 Å². The number of benzene rings is 1. The Labute approximate surface area is 171 Å². The summed E-state index contributed by atoms with van der Waals surface area (Å²) in [4.78, 5) is 21.0. The Balaban J connectivity index is 0.00000243. The molecule has 0 atom stereocenters. The molecule has 26 heavy (non-hydrogen) atoms. The van der Waals surface area contributed by atoms with Crippen LogP contribution in [0, 0.1) is 0 Å². The van der Waals surface area contributed by atoms with Crippen LogP contribution in [-0.2, 0) is 11.3 Å². The molecule has 1 amide bonds. The van der Waals surface area contributed by atoms with Crippen molar-refractivity contribution in [3.8, 4) is 11.5 Å². The number of methoxy groups -OCH3 is 1. The minimum atomic E-state index is 0. The molecular formula is C18H27IN4O3. The zero-order valence-corrected chi connectivity index (χ0v) is 17.6. The molecule has 0 aromatic heterocycles. The number of carbonyl (C=O) groups excluding carboxylic acids is 1. The van der Waals surface area contributed by atoms with Crippen molar-refractivity contribution in [1.82, 2.24) is 15.1 Å². The van der Waals surface area contributed by atoms with E-state index in [-0.39, 0.29) is 35.6 Å². The molecule has 1 saturated carbocycles. The zero-order valence-electron chi connectivity index (χ0n) is 15.3. The minimum Gasteiger partial charge on any atom is -0.504 e. The van der Waals surface area contributed by atoms with Gasteiger partial charge in [0.1, 0.15) is 0 Å². The molecule has 2 aliphatic rings. The van der Waals surface area contributed by atoms with E-state index in [0.717, 1.165) is 44.0 Å². The van der Waals surface area contributed by atoms with Crippen LogP contribution in [0.15, 0.2) is 23.2 Å². The maximum atomic E-state index is 12.3. The topological polar surface area (TPSA) is 77.4 Å². The van der Waals surface area contributed by atoms with Gasteiger partial charge >= 0.3 is 0 Å². The largest absolute Gasteiger partial charge is 0.504 e. The van der Waals surface area contributed by atoms with Gasteiger partial charge in [0.25, 0.3) is 0 Å². The van der Waals surface area contributed by atoms with Crippen LogP contribution in [0.1, 0.15) is 25.3 Å². The molecule has 0 spiro atoms.